The minimum absolute atomic E-state index is 0.0969. The predicted octanol–water partition coefficient (Wildman–Crippen LogP) is 3.45. The van der Waals surface area contributed by atoms with E-state index in [1.54, 1.807) is 12.1 Å². The molecule has 15 heavy (non-hydrogen) atoms. The van der Waals surface area contributed by atoms with Gasteiger partial charge in [0.05, 0.1) is 0 Å². The molecule has 0 heterocycles. The lowest BCUT2D eigenvalue weighted by Crippen LogP contribution is -1.81. The van der Waals surface area contributed by atoms with Gasteiger partial charge < -0.3 is 5.11 Å². The molecular weight excluding hydrogens is 276 g/mol. The second-order valence-electron chi connectivity index (χ2n) is 2.91. The maximum atomic E-state index is 10.6. The first-order valence-electron chi connectivity index (χ1n) is 4.38. The van der Waals surface area contributed by atoms with Crippen molar-refractivity contribution < 1.29 is 9.90 Å². The Hall–Kier alpha value is -0.740. The molecule has 0 atom stereocenters. The number of thioether (sulfide) groups is 1. The fourth-order valence-electron chi connectivity index (χ4n) is 0.998. The second kappa shape index (κ2) is 5.98. The molecule has 0 aliphatic carbocycles. The fraction of sp³-hybridized carbons (Fsp3) is 0.182. The lowest BCUT2D eigenvalue weighted by molar-refractivity contribution is -0.109. The van der Waals surface area contributed by atoms with E-state index < -0.39 is 0 Å². The number of rotatable bonds is 3. The van der Waals surface area contributed by atoms with Gasteiger partial charge in [0.1, 0.15) is 5.75 Å². The largest absolute Gasteiger partial charge is 0.507 e. The number of halogens is 1. The third kappa shape index (κ3) is 4.53. The van der Waals surface area contributed by atoms with Crippen molar-refractivity contribution in [3.63, 3.8) is 0 Å². The van der Waals surface area contributed by atoms with Crippen molar-refractivity contribution in [1.82, 2.24) is 0 Å². The monoisotopic (exact) mass is 286 g/mol. The number of phenols is 1. The lowest BCUT2D eigenvalue weighted by atomic mass is 10.2. The Labute approximate surface area is 102 Å². The van der Waals surface area contributed by atoms with Crippen LogP contribution in [0.2, 0.25) is 0 Å². The summed E-state index contributed by atoms with van der Waals surface area (Å²) in [7, 11) is 0. The molecule has 4 heteroatoms. The summed E-state index contributed by atoms with van der Waals surface area (Å²) in [6, 6.07) is 5.31. The Morgan fingerprint density at radius 3 is 2.93 bits per heavy atom. The van der Waals surface area contributed by atoms with Gasteiger partial charge in [0.2, 0.25) is 0 Å². The Bertz CT molecular complexity index is 388. The highest BCUT2D eigenvalue weighted by molar-refractivity contribution is 9.10. The SMILES string of the molecule is CC(=O)SCC=Cc1ccc(Br)cc1O. The molecule has 1 aromatic rings. The van der Waals surface area contributed by atoms with Crippen molar-refractivity contribution in [2.45, 2.75) is 6.92 Å². The van der Waals surface area contributed by atoms with Gasteiger partial charge in [-0.2, -0.15) is 0 Å². The van der Waals surface area contributed by atoms with Crippen LogP contribution in [0.3, 0.4) is 0 Å². The highest BCUT2D eigenvalue weighted by Crippen LogP contribution is 2.23. The summed E-state index contributed by atoms with van der Waals surface area (Å²) in [6.07, 6.45) is 3.66. The number of phenolic OH excluding ortho intramolecular Hbond substituents is 1. The van der Waals surface area contributed by atoms with E-state index in [2.05, 4.69) is 15.9 Å². The van der Waals surface area contributed by atoms with Crippen LogP contribution in [-0.2, 0) is 4.79 Å². The number of benzene rings is 1. The van der Waals surface area contributed by atoms with E-state index in [1.807, 2.05) is 18.2 Å². The van der Waals surface area contributed by atoms with Crippen molar-refractivity contribution in [3.05, 3.63) is 34.3 Å². The molecule has 0 amide bonds. The average molecular weight is 287 g/mol. The smallest absolute Gasteiger partial charge is 0.186 e. The summed E-state index contributed by atoms with van der Waals surface area (Å²) in [5.74, 6) is 0.860. The molecule has 1 N–H and O–H groups in total. The zero-order valence-electron chi connectivity index (χ0n) is 8.24. The molecule has 1 rings (SSSR count). The zero-order chi connectivity index (χ0) is 11.3. The highest BCUT2D eigenvalue weighted by Gasteiger charge is 1.97. The van der Waals surface area contributed by atoms with Crippen molar-refractivity contribution >= 4 is 38.9 Å². The maximum absolute atomic E-state index is 10.6. The van der Waals surface area contributed by atoms with Gasteiger partial charge in [-0.1, -0.05) is 45.9 Å². The summed E-state index contributed by atoms with van der Waals surface area (Å²) >= 11 is 4.51. The van der Waals surface area contributed by atoms with Crippen LogP contribution in [0, 0.1) is 0 Å². The quantitative estimate of drug-likeness (QED) is 0.925. The molecule has 2 nitrogen and oxygen atoms in total. The Morgan fingerprint density at radius 2 is 2.33 bits per heavy atom. The summed E-state index contributed by atoms with van der Waals surface area (Å²) in [5, 5.41) is 9.64. The minimum atomic E-state index is 0.0969. The van der Waals surface area contributed by atoms with Gasteiger partial charge in [0, 0.05) is 22.7 Å². The van der Waals surface area contributed by atoms with E-state index in [4.69, 9.17) is 0 Å². The van der Waals surface area contributed by atoms with Gasteiger partial charge in [-0.3, -0.25) is 4.79 Å². The zero-order valence-corrected chi connectivity index (χ0v) is 10.6. The van der Waals surface area contributed by atoms with Gasteiger partial charge in [0.15, 0.2) is 5.12 Å². The van der Waals surface area contributed by atoms with Gasteiger partial charge in [-0.15, -0.1) is 0 Å². The van der Waals surface area contributed by atoms with Crippen LogP contribution in [0.25, 0.3) is 6.08 Å². The Balaban J connectivity index is 2.60. The standard InChI is InChI=1S/C11H11BrO2S/c1-8(13)15-6-2-3-9-4-5-10(12)7-11(9)14/h2-5,7,14H,6H2,1H3. The number of aromatic hydroxyl groups is 1. The van der Waals surface area contributed by atoms with Crippen molar-refractivity contribution in [2.24, 2.45) is 0 Å². The first-order valence-corrected chi connectivity index (χ1v) is 6.16. The van der Waals surface area contributed by atoms with Crippen LogP contribution in [-0.4, -0.2) is 16.0 Å². The molecule has 0 aliphatic heterocycles. The molecule has 0 radical (unpaired) electrons. The van der Waals surface area contributed by atoms with Crippen LogP contribution >= 0.6 is 27.7 Å². The molecule has 0 spiro atoms. The fourth-order valence-corrected chi connectivity index (χ4v) is 1.77. The molecule has 1 aromatic carbocycles. The van der Waals surface area contributed by atoms with Crippen molar-refractivity contribution in [3.8, 4) is 5.75 Å². The molecule has 0 aromatic heterocycles. The van der Waals surface area contributed by atoms with Crippen LogP contribution in [0.5, 0.6) is 5.75 Å². The molecule has 0 saturated carbocycles. The minimum Gasteiger partial charge on any atom is -0.507 e. The summed E-state index contributed by atoms with van der Waals surface area (Å²) in [5.41, 5.74) is 0.752. The first kappa shape index (κ1) is 12.3. The van der Waals surface area contributed by atoms with E-state index in [9.17, 15) is 9.90 Å². The summed E-state index contributed by atoms with van der Waals surface area (Å²) < 4.78 is 0.843. The number of hydrogen-bond acceptors (Lipinski definition) is 3. The van der Waals surface area contributed by atoms with Crippen LogP contribution < -0.4 is 0 Å². The first-order chi connectivity index (χ1) is 7.09. The number of carbonyl (C=O) groups is 1. The van der Waals surface area contributed by atoms with E-state index in [0.717, 1.165) is 10.0 Å². The van der Waals surface area contributed by atoms with E-state index in [0.29, 0.717) is 5.75 Å². The summed E-state index contributed by atoms with van der Waals surface area (Å²) in [6.45, 7) is 1.54. The number of carbonyl (C=O) groups excluding carboxylic acids is 1. The molecule has 0 fully saturated rings. The normalized spacial score (nSPS) is 10.8. The maximum Gasteiger partial charge on any atom is 0.186 e. The molecule has 80 valence electrons. The van der Waals surface area contributed by atoms with Gasteiger partial charge in [0.25, 0.3) is 0 Å². The van der Waals surface area contributed by atoms with Crippen LogP contribution in [0.1, 0.15) is 12.5 Å². The van der Waals surface area contributed by atoms with Crippen molar-refractivity contribution in [2.75, 3.05) is 5.75 Å². The topological polar surface area (TPSA) is 37.3 Å². The molecule has 0 aliphatic rings. The van der Waals surface area contributed by atoms with Crippen molar-refractivity contribution in [1.29, 1.82) is 0 Å². The lowest BCUT2D eigenvalue weighted by Gasteiger charge is -1.98. The molecular formula is C11H11BrO2S. The van der Waals surface area contributed by atoms with Crippen LogP contribution in [0.15, 0.2) is 28.7 Å². The number of hydrogen-bond donors (Lipinski definition) is 1. The van der Waals surface area contributed by atoms with Gasteiger partial charge in [-0.05, 0) is 12.1 Å². The predicted molar refractivity (Wildman–Crippen MR) is 68.0 cm³/mol. The third-order valence-electron chi connectivity index (χ3n) is 1.67. The molecule has 0 bridgehead atoms. The highest BCUT2D eigenvalue weighted by atomic mass is 79.9. The summed E-state index contributed by atoms with van der Waals surface area (Å²) in [4.78, 5) is 10.6. The van der Waals surface area contributed by atoms with Gasteiger partial charge in [-0.25, -0.2) is 0 Å². The van der Waals surface area contributed by atoms with E-state index in [-0.39, 0.29) is 10.9 Å². The Kier molecular flexibility index (Phi) is 4.91. The van der Waals surface area contributed by atoms with E-state index in [1.165, 1.54) is 18.7 Å². The third-order valence-corrected chi connectivity index (χ3v) is 2.93. The van der Waals surface area contributed by atoms with Gasteiger partial charge >= 0.3 is 0 Å². The molecule has 0 saturated heterocycles. The van der Waals surface area contributed by atoms with Crippen LogP contribution in [0.4, 0.5) is 0 Å². The second-order valence-corrected chi connectivity index (χ2v) is 5.02. The average Bonchev–Trinajstić information content (AvgIpc) is 2.14. The molecule has 0 unspecified atom stereocenters. The van der Waals surface area contributed by atoms with E-state index >= 15 is 0 Å². The Morgan fingerprint density at radius 1 is 1.60 bits per heavy atom.